The molecule has 0 aliphatic carbocycles. The zero-order valence-corrected chi connectivity index (χ0v) is 15.1. The summed E-state index contributed by atoms with van der Waals surface area (Å²) in [5, 5.41) is 0.540. The molecule has 0 radical (unpaired) electrons. The van der Waals surface area contributed by atoms with Crippen LogP contribution in [0, 0.1) is 0 Å². The number of nitrogens with zero attached hydrogens (tertiary/aromatic N) is 1. The molecule has 0 saturated carbocycles. The predicted molar refractivity (Wildman–Crippen MR) is 104 cm³/mol. The lowest BCUT2D eigenvalue weighted by Crippen LogP contribution is -2.13. The van der Waals surface area contributed by atoms with E-state index in [-0.39, 0.29) is 4.90 Å². The van der Waals surface area contributed by atoms with Crippen molar-refractivity contribution in [3.05, 3.63) is 77.8 Å². The summed E-state index contributed by atoms with van der Waals surface area (Å²) in [7, 11) is -3.78. The molecule has 0 fully saturated rings. The van der Waals surface area contributed by atoms with Crippen molar-refractivity contribution in [1.82, 2.24) is 9.97 Å². The van der Waals surface area contributed by atoms with E-state index in [1.807, 2.05) is 24.3 Å². The molecule has 130 valence electrons. The Hall–Kier alpha value is -2.83. The lowest BCUT2D eigenvalue weighted by atomic mass is 10.2. The zero-order valence-electron chi connectivity index (χ0n) is 13.5. The summed E-state index contributed by atoms with van der Waals surface area (Å²) in [4.78, 5) is 7.74. The van der Waals surface area contributed by atoms with E-state index in [9.17, 15) is 8.42 Å². The number of H-pyrrole nitrogens is 1. The van der Waals surface area contributed by atoms with Crippen molar-refractivity contribution in [2.75, 3.05) is 4.72 Å². The van der Waals surface area contributed by atoms with Crippen LogP contribution in [-0.4, -0.2) is 18.4 Å². The van der Waals surface area contributed by atoms with E-state index < -0.39 is 10.0 Å². The van der Waals surface area contributed by atoms with Gasteiger partial charge in [-0.1, -0.05) is 48.0 Å². The van der Waals surface area contributed by atoms with Crippen molar-refractivity contribution in [2.24, 2.45) is 0 Å². The minimum Gasteiger partial charge on any atom is -0.338 e. The summed E-state index contributed by atoms with van der Waals surface area (Å²) in [5.74, 6) is 0.521. The largest absolute Gasteiger partial charge is 0.338 e. The van der Waals surface area contributed by atoms with Gasteiger partial charge in [-0.15, -0.1) is 0 Å². The Kier molecular flexibility index (Phi) is 4.14. The van der Waals surface area contributed by atoms with Crippen LogP contribution < -0.4 is 4.72 Å². The number of halogens is 1. The quantitative estimate of drug-likeness (QED) is 0.537. The van der Waals surface area contributed by atoms with E-state index in [2.05, 4.69) is 14.7 Å². The van der Waals surface area contributed by atoms with Crippen LogP contribution in [0.4, 0.5) is 5.69 Å². The highest BCUT2D eigenvalue weighted by molar-refractivity contribution is 7.93. The molecule has 0 amide bonds. The van der Waals surface area contributed by atoms with Gasteiger partial charge in [0.2, 0.25) is 0 Å². The first-order valence-electron chi connectivity index (χ1n) is 7.86. The van der Waals surface area contributed by atoms with Gasteiger partial charge in [0.25, 0.3) is 10.0 Å². The molecule has 5 nitrogen and oxygen atoms in total. The molecule has 0 spiro atoms. The van der Waals surface area contributed by atoms with E-state index in [0.717, 1.165) is 0 Å². The Labute approximate surface area is 155 Å². The molecule has 7 heteroatoms. The van der Waals surface area contributed by atoms with Crippen molar-refractivity contribution in [3.8, 4) is 11.4 Å². The number of anilines is 1. The predicted octanol–water partition coefficient (Wildman–Crippen LogP) is 4.68. The highest BCUT2D eigenvalue weighted by Crippen LogP contribution is 2.30. The summed E-state index contributed by atoms with van der Waals surface area (Å²) >= 11 is 6.23. The smallest absolute Gasteiger partial charge is 0.264 e. The van der Waals surface area contributed by atoms with Gasteiger partial charge in [0, 0.05) is 11.3 Å². The molecule has 1 heterocycles. The second kappa shape index (κ2) is 6.48. The first kappa shape index (κ1) is 16.6. The van der Waals surface area contributed by atoms with Gasteiger partial charge in [0.05, 0.1) is 10.5 Å². The van der Waals surface area contributed by atoms with Crippen molar-refractivity contribution in [3.63, 3.8) is 0 Å². The summed E-state index contributed by atoms with van der Waals surface area (Å²) in [6, 6.07) is 21.0. The van der Waals surface area contributed by atoms with Crippen molar-refractivity contribution < 1.29 is 8.42 Å². The van der Waals surface area contributed by atoms with E-state index in [4.69, 9.17) is 11.6 Å². The van der Waals surface area contributed by atoms with E-state index in [1.54, 1.807) is 42.5 Å². The van der Waals surface area contributed by atoms with Crippen LogP contribution in [0.5, 0.6) is 0 Å². The number of para-hydroxylation sites is 2. The first-order valence-corrected chi connectivity index (χ1v) is 9.72. The van der Waals surface area contributed by atoms with E-state index in [0.29, 0.717) is 33.1 Å². The minimum absolute atomic E-state index is 0.105. The molecule has 0 saturated heterocycles. The maximum absolute atomic E-state index is 12.8. The molecular formula is C19H14ClN3O2S. The molecule has 0 atom stereocenters. The topological polar surface area (TPSA) is 74.8 Å². The van der Waals surface area contributed by atoms with Gasteiger partial charge < -0.3 is 4.98 Å². The number of rotatable bonds is 4. The lowest BCUT2D eigenvalue weighted by Gasteiger charge is -2.08. The normalized spacial score (nSPS) is 11.6. The lowest BCUT2D eigenvalue weighted by molar-refractivity contribution is 0.602. The molecule has 1 aromatic heterocycles. The Bertz CT molecular complexity index is 1190. The van der Waals surface area contributed by atoms with Crippen LogP contribution in [0.1, 0.15) is 0 Å². The number of hydrogen-bond donors (Lipinski definition) is 2. The molecular weight excluding hydrogens is 370 g/mol. The number of aromatic amines is 1. The van der Waals surface area contributed by atoms with Crippen LogP contribution in [0.25, 0.3) is 22.4 Å². The standard InChI is InChI=1S/C19H14ClN3O2S/c20-15-10-5-4-9-14(15)19-21-16-11-6-12-17(18(16)22-19)26(24,25)23-13-7-2-1-3-8-13/h1-12,23H,(H,21,22). The third-order valence-electron chi connectivity index (χ3n) is 3.92. The Morgan fingerprint density at radius 2 is 1.62 bits per heavy atom. The van der Waals surface area contributed by atoms with Crippen LogP contribution in [-0.2, 0) is 10.0 Å². The second-order valence-electron chi connectivity index (χ2n) is 5.69. The fourth-order valence-electron chi connectivity index (χ4n) is 2.72. The van der Waals surface area contributed by atoms with Crippen molar-refractivity contribution in [2.45, 2.75) is 4.90 Å². The average molecular weight is 384 g/mol. The summed E-state index contributed by atoms with van der Waals surface area (Å²) in [6.07, 6.45) is 0. The Balaban J connectivity index is 1.83. The molecule has 0 bridgehead atoms. The van der Waals surface area contributed by atoms with Gasteiger partial charge in [-0.2, -0.15) is 0 Å². The Morgan fingerprint density at radius 3 is 2.38 bits per heavy atom. The third-order valence-corrected chi connectivity index (χ3v) is 5.66. The molecule has 4 rings (SSSR count). The second-order valence-corrected chi connectivity index (χ2v) is 7.75. The SMILES string of the molecule is O=S(=O)(Nc1ccccc1)c1cccc2[nH]c(-c3ccccc3Cl)nc12. The number of benzene rings is 3. The fourth-order valence-corrected chi connectivity index (χ4v) is 4.17. The monoisotopic (exact) mass is 383 g/mol. The highest BCUT2D eigenvalue weighted by atomic mass is 35.5. The number of aromatic nitrogens is 2. The number of imidazole rings is 1. The number of nitrogens with one attached hydrogen (secondary N) is 2. The average Bonchev–Trinajstić information content (AvgIpc) is 3.06. The summed E-state index contributed by atoms with van der Waals surface area (Å²) < 4.78 is 28.3. The summed E-state index contributed by atoms with van der Waals surface area (Å²) in [6.45, 7) is 0. The molecule has 26 heavy (non-hydrogen) atoms. The fraction of sp³-hybridized carbons (Fsp3) is 0. The molecule has 0 unspecified atom stereocenters. The number of fused-ring (bicyclic) bond motifs is 1. The third kappa shape index (κ3) is 3.05. The van der Waals surface area contributed by atoms with Crippen LogP contribution >= 0.6 is 11.6 Å². The van der Waals surface area contributed by atoms with Gasteiger partial charge in [-0.3, -0.25) is 4.72 Å². The van der Waals surface area contributed by atoms with E-state index >= 15 is 0 Å². The number of sulfonamides is 1. The van der Waals surface area contributed by atoms with E-state index in [1.165, 1.54) is 6.07 Å². The first-order chi connectivity index (χ1) is 12.5. The van der Waals surface area contributed by atoms with Gasteiger partial charge in [-0.05, 0) is 36.4 Å². The molecule has 0 aliphatic rings. The maximum Gasteiger partial charge on any atom is 0.264 e. The van der Waals surface area contributed by atoms with Gasteiger partial charge >= 0.3 is 0 Å². The van der Waals surface area contributed by atoms with Crippen LogP contribution in [0.2, 0.25) is 5.02 Å². The molecule has 3 aromatic carbocycles. The minimum atomic E-state index is -3.78. The molecule has 0 aliphatic heterocycles. The van der Waals surface area contributed by atoms with Gasteiger partial charge in [0.15, 0.2) is 0 Å². The van der Waals surface area contributed by atoms with Gasteiger partial charge in [-0.25, -0.2) is 13.4 Å². The Morgan fingerprint density at radius 1 is 0.885 bits per heavy atom. The van der Waals surface area contributed by atoms with Crippen molar-refractivity contribution in [1.29, 1.82) is 0 Å². The zero-order chi connectivity index (χ0) is 18.1. The van der Waals surface area contributed by atoms with Gasteiger partial charge in [0.1, 0.15) is 16.2 Å². The summed E-state index contributed by atoms with van der Waals surface area (Å²) in [5.41, 5.74) is 2.19. The molecule has 2 N–H and O–H groups in total. The van der Waals surface area contributed by atoms with Crippen LogP contribution in [0.3, 0.4) is 0 Å². The number of hydrogen-bond acceptors (Lipinski definition) is 3. The molecule has 4 aromatic rings. The van der Waals surface area contributed by atoms with Crippen LogP contribution in [0.15, 0.2) is 77.7 Å². The highest BCUT2D eigenvalue weighted by Gasteiger charge is 2.20. The van der Waals surface area contributed by atoms with Crippen molar-refractivity contribution >= 4 is 38.3 Å². The maximum atomic E-state index is 12.8.